The lowest BCUT2D eigenvalue weighted by molar-refractivity contribution is -0.138. The molecule has 1 heterocycles. The van der Waals surface area contributed by atoms with Crippen LogP contribution in [0.2, 0.25) is 0 Å². The normalized spacial score (nSPS) is 17.1. The largest absolute Gasteiger partial charge is 0.416 e. The summed E-state index contributed by atoms with van der Waals surface area (Å²) in [6.45, 7) is 5.92. The van der Waals surface area contributed by atoms with Crippen LogP contribution in [0.25, 0.3) is 0 Å². The molecule has 7 heteroatoms. The molecule has 2 unspecified atom stereocenters. The van der Waals surface area contributed by atoms with Gasteiger partial charge in [0.1, 0.15) is 0 Å². The zero-order valence-electron chi connectivity index (χ0n) is 17.9. The van der Waals surface area contributed by atoms with E-state index in [-0.39, 0.29) is 24.3 Å². The molecule has 0 saturated heterocycles. The minimum absolute atomic E-state index is 0.0910. The van der Waals surface area contributed by atoms with Gasteiger partial charge in [-0.15, -0.1) is 0 Å². The van der Waals surface area contributed by atoms with Crippen molar-refractivity contribution >= 4 is 11.8 Å². The number of carbonyl (C=O) groups excluding carboxylic acids is 2. The number of hydrogen-bond donors (Lipinski definition) is 0. The number of benzene rings is 2. The lowest BCUT2D eigenvalue weighted by Gasteiger charge is -2.38. The third kappa shape index (κ3) is 4.92. The fraction of sp³-hybridized carbons (Fsp3) is 0.417. The SMILES string of the molecule is CCN(C(=O)CC1c2ccccc2CCN1C(C)=O)C(C)c1cccc(C(F)(F)F)c1. The van der Waals surface area contributed by atoms with E-state index in [1.807, 2.05) is 24.3 Å². The molecule has 0 aliphatic carbocycles. The lowest BCUT2D eigenvalue weighted by atomic mass is 9.90. The zero-order valence-corrected chi connectivity index (χ0v) is 17.9. The second kappa shape index (κ2) is 9.12. The molecule has 0 bridgehead atoms. The molecule has 31 heavy (non-hydrogen) atoms. The molecule has 1 aliphatic heterocycles. The van der Waals surface area contributed by atoms with Gasteiger partial charge in [-0.3, -0.25) is 9.59 Å². The van der Waals surface area contributed by atoms with Gasteiger partial charge in [0.15, 0.2) is 0 Å². The van der Waals surface area contributed by atoms with E-state index in [0.29, 0.717) is 18.7 Å². The molecule has 0 aromatic heterocycles. The summed E-state index contributed by atoms with van der Waals surface area (Å²) >= 11 is 0. The molecule has 0 fully saturated rings. The first-order valence-corrected chi connectivity index (χ1v) is 10.4. The maximum atomic E-state index is 13.3. The molecule has 1 aliphatic rings. The molecule has 0 radical (unpaired) electrons. The Hall–Kier alpha value is -2.83. The Morgan fingerprint density at radius 1 is 1.16 bits per heavy atom. The highest BCUT2D eigenvalue weighted by Crippen LogP contribution is 2.35. The van der Waals surface area contributed by atoms with Crippen molar-refractivity contribution < 1.29 is 22.8 Å². The van der Waals surface area contributed by atoms with E-state index < -0.39 is 17.8 Å². The van der Waals surface area contributed by atoms with E-state index in [9.17, 15) is 22.8 Å². The van der Waals surface area contributed by atoms with E-state index in [1.165, 1.54) is 13.0 Å². The zero-order chi connectivity index (χ0) is 22.8. The van der Waals surface area contributed by atoms with Gasteiger partial charge in [-0.25, -0.2) is 0 Å². The van der Waals surface area contributed by atoms with Gasteiger partial charge in [0.25, 0.3) is 0 Å². The Morgan fingerprint density at radius 2 is 1.87 bits per heavy atom. The molecule has 3 rings (SSSR count). The Bertz CT molecular complexity index is 958. The summed E-state index contributed by atoms with van der Waals surface area (Å²) in [6.07, 6.45) is -3.61. The predicted octanol–water partition coefficient (Wildman–Crippen LogP) is 5.15. The number of fused-ring (bicyclic) bond motifs is 1. The van der Waals surface area contributed by atoms with Crippen molar-refractivity contribution in [2.75, 3.05) is 13.1 Å². The maximum absolute atomic E-state index is 13.3. The molecule has 0 saturated carbocycles. The number of alkyl halides is 3. The highest BCUT2D eigenvalue weighted by atomic mass is 19.4. The molecule has 2 aromatic rings. The molecule has 166 valence electrons. The molecular formula is C24H27F3N2O2. The molecule has 2 amide bonds. The van der Waals surface area contributed by atoms with Crippen molar-refractivity contribution in [3.63, 3.8) is 0 Å². The number of carbonyl (C=O) groups is 2. The molecule has 2 atom stereocenters. The van der Waals surface area contributed by atoms with Crippen molar-refractivity contribution in [1.82, 2.24) is 9.80 Å². The standard InChI is InChI=1S/C24H27F3N2O2/c1-4-28(16(2)19-9-7-10-20(14-19)24(25,26)27)23(31)15-22-21-11-6-5-8-18(21)12-13-29(22)17(3)30/h5-11,14,16,22H,4,12-13,15H2,1-3H3. The number of rotatable bonds is 5. The second-order valence-corrected chi connectivity index (χ2v) is 7.86. The van der Waals surface area contributed by atoms with Crippen LogP contribution >= 0.6 is 0 Å². The van der Waals surface area contributed by atoms with Crippen molar-refractivity contribution in [2.45, 2.75) is 51.9 Å². The first kappa shape index (κ1) is 22.8. The molecule has 4 nitrogen and oxygen atoms in total. The Kier molecular flexibility index (Phi) is 6.72. The summed E-state index contributed by atoms with van der Waals surface area (Å²) in [7, 11) is 0. The van der Waals surface area contributed by atoms with Gasteiger partial charge in [-0.05, 0) is 49.1 Å². The fourth-order valence-corrected chi connectivity index (χ4v) is 4.35. The Morgan fingerprint density at radius 3 is 2.52 bits per heavy atom. The predicted molar refractivity (Wildman–Crippen MR) is 112 cm³/mol. The third-order valence-corrected chi connectivity index (χ3v) is 6.01. The van der Waals surface area contributed by atoms with Crippen molar-refractivity contribution in [1.29, 1.82) is 0 Å². The van der Waals surface area contributed by atoms with Crippen LogP contribution in [0.5, 0.6) is 0 Å². The van der Waals surface area contributed by atoms with Crippen LogP contribution in [-0.4, -0.2) is 34.7 Å². The van der Waals surface area contributed by atoms with Crippen molar-refractivity contribution in [2.24, 2.45) is 0 Å². The smallest absolute Gasteiger partial charge is 0.336 e. The van der Waals surface area contributed by atoms with Gasteiger partial charge in [0.2, 0.25) is 11.8 Å². The van der Waals surface area contributed by atoms with Crippen molar-refractivity contribution in [3.8, 4) is 0 Å². The summed E-state index contributed by atoms with van der Waals surface area (Å²) in [5.74, 6) is -0.290. The van der Waals surface area contributed by atoms with Crippen LogP contribution in [0, 0.1) is 0 Å². The number of nitrogens with zero attached hydrogens (tertiary/aromatic N) is 2. The second-order valence-electron chi connectivity index (χ2n) is 7.86. The van der Waals surface area contributed by atoms with E-state index >= 15 is 0 Å². The van der Waals surface area contributed by atoms with E-state index in [1.54, 1.807) is 29.7 Å². The summed E-state index contributed by atoms with van der Waals surface area (Å²) < 4.78 is 39.4. The summed E-state index contributed by atoms with van der Waals surface area (Å²) in [5.41, 5.74) is 1.77. The molecule has 0 N–H and O–H groups in total. The first-order valence-electron chi connectivity index (χ1n) is 10.4. The van der Waals surface area contributed by atoms with Crippen LogP contribution in [-0.2, 0) is 22.2 Å². The van der Waals surface area contributed by atoms with Crippen LogP contribution in [0.3, 0.4) is 0 Å². The quantitative estimate of drug-likeness (QED) is 0.656. The van der Waals surface area contributed by atoms with Gasteiger partial charge in [-0.2, -0.15) is 13.2 Å². The molecule has 0 spiro atoms. The third-order valence-electron chi connectivity index (χ3n) is 6.01. The average Bonchev–Trinajstić information content (AvgIpc) is 2.73. The lowest BCUT2D eigenvalue weighted by Crippen LogP contribution is -2.42. The Labute approximate surface area is 180 Å². The van der Waals surface area contributed by atoms with Gasteiger partial charge in [0.05, 0.1) is 24.1 Å². The molecular weight excluding hydrogens is 405 g/mol. The average molecular weight is 432 g/mol. The minimum atomic E-state index is -4.44. The van der Waals surface area contributed by atoms with E-state index in [4.69, 9.17) is 0 Å². The van der Waals surface area contributed by atoms with Crippen molar-refractivity contribution in [3.05, 3.63) is 70.8 Å². The number of hydrogen-bond acceptors (Lipinski definition) is 2. The van der Waals surface area contributed by atoms with Gasteiger partial charge in [0, 0.05) is 20.0 Å². The first-order chi connectivity index (χ1) is 14.6. The monoisotopic (exact) mass is 432 g/mol. The van der Waals surface area contributed by atoms with Crippen LogP contribution in [0.4, 0.5) is 13.2 Å². The summed E-state index contributed by atoms with van der Waals surface area (Å²) in [6, 6.07) is 12.0. The topological polar surface area (TPSA) is 40.6 Å². The van der Waals surface area contributed by atoms with E-state index in [0.717, 1.165) is 29.7 Å². The Balaban J connectivity index is 1.86. The number of amides is 2. The number of halogens is 3. The fourth-order valence-electron chi connectivity index (χ4n) is 4.35. The summed E-state index contributed by atoms with van der Waals surface area (Å²) in [4.78, 5) is 28.8. The maximum Gasteiger partial charge on any atom is 0.416 e. The van der Waals surface area contributed by atoms with Gasteiger partial charge in [-0.1, -0.05) is 36.4 Å². The molecule has 2 aromatic carbocycles. The van der Waals surface area contributed by atoms with Gasteiger partial charge < -0.3 is 9.80 Å². The minimum Gasteiger partial charge on any atom is -0.336 e. The van der Waals surface area contributed by atoms with Crippen LogP contribution in [0.15, 0.2) is 48.5 Å². The van der Waals surface area contributed by atoms with Gasteiger partial charge >= 0.3 is 6.18 Å². The van der Waals surface area contributed by atoms with Crippen LogP contribution < -0.4 is 0 Å². The highest BCUT2D eigenvalue weighted by molar-refractivity contribution is 5.80. The van der Waals surface area contributed by atoms with Crippen LogP contribution in [0.1, 0.15) is 61.5 Å². The summed E-state index contributed by atoms with van der Waals surface area (Å²) in [5, 5.41) is 0. The van der Waals surface area contributed by atoms with E-state index in [2.05, 4.69) is 0 Å². The highest BCUT2D eigenvalue weighted by Gasteiger charge is 2.34.